The minimum absolute atomic E-state index is 0.0593. The van der Waals surface area contributed by atoms with Crippen molar-refractivity contribution >= 4 is 17.9 Å². The average molecular weight is 429 g/mol. The van der Waals surface area contributed by atoms with Gasteiger partial charge in [-0.15, -0.1) is 0 Å². The van der Waals surface area contributed by atoms with Crippen LogP contribution < -0.4 is 15.5 Å². The Kier molecular flexibility index (Phi) is 5.83. The van der Waals surface area contributed by atoms with Gasteiger partial charge in [0.25, 0.3) is 5.91 Å². The maximum absolute atomic E-state index is 13.0. The predicted molar refractivity (Wildman–Crippen MR) is 117 cm³/mol. The van der Waals surface area contributed by atoms with Crippen LogP contribution in [-0.4, -0.2) is 76.2 Å². The second kappa shape index (κ2) is 8.41. The summed E-state index contributed by atoms with van der Waals surface area (Å²) in [5.74, 6) is 1.28. The summed E-state index contributed by atoms with van der Waals surface area (Å²) in [5, 5.41) is 4.11. The third-order valence-electron chi connectivity index (χ3n) is 6.08. The van der Waals surface area contributed by atoms with Crippen LogP contribution in [0.2, 0.25) is 0 Å². The highest BCUT2D eigenvalue weighted by molar-refractivity contribution is 5.93. The van der Waals surface area contributed by atoms with E-state index in [0.29, 0.717) is 23.4 Å². The predicted octanol–water partition coefficient (Wildman–Crippen LogP) is 1.44. The minimum atomic E-state index is -0.148. The van der Waals surface area contributed by atoms with Crippen molar-refractivity contribution in [1.82, 2.24) is 25.0 Å². The number of carbonyl (C=O) groups is 1. The highest BCUT2D eigenvalue weighted by Crippen LogP contribution is 2.25. The third kappa shape index (κ3) is 4.63. The summed E-state index contributed by atoms with van der Waals surface area (Å²) in [5.41, 5.74) is 6.31. The van der Waals surface area contributed by atoms with Crippen LogP contribution in [0.1, 0.15) is 56.2 Å². The van der Waals surface area contributed by atoms with Crippen molar-refractivity contribution in [2.75, 3.05) is 43.0 Å². The second-order valence-corrected chi connectivity index (χ2v) is 9.55. The lowest BCUT2D eigenvalue weighted by Gasteiger charge is -2.35. The molecule has 31 heavy (non-hydrogen) atoms. The van der Waals surface area contributed by atoms with Crippen LogP contribution in [0.3, 0.4) is 0 Å². The van der Waals surface area contributed by atoms with Crippen LogP contribution in [0, 0.1) is 0 Å². The Balaban J connectivity index is 1.33. The molecule has 2 aromatic heterocycles. The van der Waals surface area contributed by atoms with E-state index < -0.39 is 0 Å². The molecule has 0 aromatic carbocycles. The minimum Gasteiger partial charge on any atom is -0.339 e. The standard InChI is InChI=1S/C21H32N8O2/c1-21(2,3)18-25-20(31-26-18)28-9-6-16(7-10-28)27(4)17(30)14-11-23-19(24-12-14)29-8-5-15(22)13-29/h11-12,15-16H,5-10,13,22H2,1-4H3. The summed E-state index contributed by atoms with van der Waals surface area (Å²) >= 11 is 0. The highest BCUT2D eigenvalue weighted by atomic mass is 16.5. The van der Waals surface area contributed by atoms with E-state index in [1.807, 2.05) is 7.05 Å². The number of nitrogens with two attached hydrogens (primary N) is 1. The Morgan fingerprint density at radius 3 is 2.32 bits per heavy atom. The number of amides is 1. The van der Waals surface area contributed by atoms with Crippen LogP contribution in [0.4, 0.5) is 12.0 Å². The molecule has 1 amide bonds. The number of carbonyl (C=O) groups excluding carboxylic acids is 1. The largest absolute Gasteiger partial charge is 0.339 e. The number of nitrogens with zero attached hydrogens (tertiary/aromatic N) is 7. The first kappa shape index (κ1) is 21.5. The summed E-state index contributed by atoms with van der Waals surface area (Å²) in [7, 11) is 1.85. The molecule has 2 fully saturated rings. The summed E-state index contributed by atoms with van der Waals surface area (Å²) in [6.07, 6.45) is 5.84. The van der Waals surface area contributed by atoms with Crippen molar-refractivity contribution in [3.63, 3.8) is 0 Å². The van der Waals surface area contributed by atoms with Gasteiger partial charge in [0, 0.05) is 63.1 Å². The smallest absolute Gasteiger partial charge is 0.324 e. The molecule has 0 radical (unpaired) electrons. The van der Waals surface area contributed by atoms with E-state index >= 15 is 0 Å². The van der Waals surface area contributed by atoms with Crippen LogP contribution >= 0.6 is 0 Å². The lowest BCUT2D eigenvalue weighted by atomic mass is 9.96. The maximum Gasteiger partial charge on any atom is 0.324 e. The summed E-state index contributed by atoms with van der Waals surface area (Å²) in [6.45, 7) is 9.31. The fraction of sp³-hybridized carbons (Fsp3) is 0.667. The molecule has 10 nitrogen and oxygen atoms in total. The Hall–Kier alpha value is -2.75. The molecule has 2 N–H and O–H groups in total. The Bertz CT molecular complexity index is 899. The molecule has 4 rings (SSSR count). The van der Waals surface area contributed by atoms with Crippen molar-refractivity contribution in [2.45, 2.75) is 57.5 Å². The van der Waals surface area contributed by atoms with E-state index in [1.165, 1.54) is 0 Å². The molecule has 2 saturated heterocycles. The molecule has 2 aliphatic rings. The van der Waals surface area contributed by atoms with Gasteiger partial charge < -0.3 is 25.0 Å². The zero-order valence-electron chi connectivity index (χ0n) is 18.8. The molecular weight excluding hydrogens is 396 g/mol. The van der Waals surface area contributed by atoms with Gasteiger partial charge in [-0.05, 0) is 19.3 Å². The summed E-state index contributed by atoms with van der Waals surface area (Å²) < 4.78 is 5.46. The second-order valence-electron chi connectivity index (χ2n) is 9.55. The van der Waals surface area contributed by atoms with Gasteiger partial charge in [-0.1, -0.05) is 25.9 Å². The summed E-state index contributed by atoms with van der Waals surface area (Å²) in [4.78, 5) is 32.2. The van der Waals surface area contributed by atoms with Gasteiger partial charge in [0.1, 0.15) is 0 Å². The molecule has 1 atom stereocenters. The van der Waals surface area contributed by atoms with E-state index in [-0.39, 0.29) is 23.4 Å². The fourth-order valence-electron chi connectivity index (χ4n) is 4.03. The average Bonchev–Trinajstić information content (AvgIpc) is 3.42. The van der Waals surface area contributed by atoms with Gasteiger partial charge in [-0.2, -0.15) is 4.98 Å². The Morgan fingerprint density at radius 2 is 1.77 bits per heavy atom. The Morgan fingerprint density at radius 1 is 1.13 bits per heavy atom. The van der Waals surface area contributed by atoms with Crippen molar-refractivity contribution in [2.24, 2.45) is 5.73 Å². The van der Waals surface area contributed by atoms with Crippen LogP contribution in [-0.2, 0) is 5.41 Å². The lowest BCUT2D eigenvalue weighted by molar-refractivity contribution is 0.0707. The highest BCUT2D eigenvalue weighted by Gasteiger charge is 2.30. The number of piperidine rings is 1. The first-order chi connectivity index (χ1) is 14.7. The fourth-order valence-corrected chi connectivity index (χ4v) is 4.03. The van der Waals surface area contributed by atoms with E-state index in [4.69, 9.17) is 10.3 Å². The molecular formula is C21H32N8O2. The van der Waals surface area contributed by atoms with E-state index in [1.54, 1.807) is 17.3 Å². The molecule has 1 unspecified atom stereocenters. The molecule has 2 aromatic rings. The van der Waals surface area contributed by atoms with Gasteiger partial charge in [-0.3, -0.25) is 4.79 Å². The lowest BCUT2D eigenvalue weighted by Crippen LogP contribution is -2.45. The molecule has 2 aliphatic heterocycles. The van der Waals surface area contributed by atoms with E-state index in [9.17, 15) is 4.79 Å². The number of aromatic nitrogens is 4. The van der Waals surface area contributed by atoms with Gasteiger partial charge in [0.2, 0.25) is 5.95 Å². The van der Waals surface area contributed by atoms with Crippen molar-refractivity contribution in [3.05, 3.63) is 23.8 Å². The first-order valence-electron chi connectivity index (χ1n) is 10.9. The van der Waals surface area contributed by atoms with Gasteiger partial charge in [-0.25, -0.2) is 9.97 Å². The zero-order valence-corrected chi connectivity index (χ0v) is 18.8. The number of hydrogen-bond acceptors (Lipinski definition) is 9. The quantitative estimate of drug-likeness (QED) is 0.771. The van der Waals surface area contributed by atoms with Crippen molar-refractivity contribution < 1.29 is 9.32 Å². The monoisotopic (exact) mass is 428 g/mol. The third-order valence-corrected chi connectivity index (χ3v) is 6.08. The molecule has 0 saturated carbocycles. The SMILES string of the molecule is CN(C(=O)c1cnc(N2CCC(N)C2)nc1)C1CCN(c2nc(C(C)(C)C)no2)CC1. The normalized spacial score (nSPS) is 20.4. The Labute approximate surface area is 182 Å². The number of hydrogen-bond donors (Lipinski definition) is 1. The van der Waals surface area contributed by atoms with Crippen LogP contribution in [0.5, 0.6) is 0 Å². The van der Waals surface area contributed by atoms with Crippen LogP contribution in [0.25, 0.3) is 0 Å². The zero-order chi connectivity index (χ0) is 22.2. The van der Waals surface area contributed by atoms with E-state index in [2.05, 4.69) is 50.7 Å². The molecule has 10 heteroatoms. The molecule has 4 heterocycles. The molecule has 0 bridgehead atoms. The van der Waals surface area contributed by atoms with Crippen molar-refractivity contribution in [3.8, 4) is 0 Å². The van der Waals surface area contributed by atoms with Gasteiger partial charge >= 0.3 is 6.01 Å². The van der Waals surface area contributed by atoms with E-state index in [0.717, 1.165) is 45.4 Å². The number of rotatable bonds is 4. The van der Waals surface area contributed by atoms with Crippen LogP contribution in [0.15, 0.2) is 16.9 Å². The molecule has 0 aliphatic carbocycles. The molecule has 0 spiro atoms. The van der Waals surface area contributed by atoms with Gasteiger partial charge in [0.05, 0.1) is 5.56 Å². The maximum atomic E-state index is 13.0. The van der Waals surface area contributed by atoms with Gasteiger partial charge in [0.15, 0.2) is 5.82 Å². The number of anilines is 2. The van der Waals surface area contributed by atoms with Crippen molar-refractivity contribution in [1.29, 1.82) is 0 Å². The topological polar surface area (TPSA) is 118 Å². The molecule has 168 valence electrons. The summed E-state index contributed by atoms with van der Waals surface area (Å²) in [6, 6.07) is 0.863. The first-order valence-corrected chi connectivity index (χ1v) is 10.9.